The van der Waals surface area contributed by atoms with Crippen molar-refractivity contribution in [3.8, 4) is 5.75 Å². The summed E-state index contributed by atoms with van der Waals surface area (Å²) in [5, 5.41) is 9.42. The summed E-state index contributed by atoms with van der Waals surface area (Å²) in [6.07, 6.45) is 1.95. The zero-order chi connectivity index (χ0) is 12.7. The van der Waals surface area contributed by atoms with Crippen LogP contribution in [0.5, 0.6) is 5.75 Å². The molecule has 0 heterocycles. The molecule has 0 bridgehead atoms. The standard InChI is InChI=1S/C14H22O3/c1-4-5-12(10-15)14(17-3)11-6-8-13(16-2)9-7-11/h6-9,12,14-15H,4-5,10H2,1-3H3/t12-,14-/m0/s1. The van der Waals surface area contributed by atoms with E-state index in [-0.39, 0.29) is 18.6 Å². The van der Waals surface area contributed by atoms with Crippen molar-refractivity contribution in [1.82, 2.24) is 0 Å². The fourth-order valence-corrected chi connectivity index (χ4v) is 2.10. The molecule has 1 aromatic carbocycles. The van der Waals surface area contributed by atoms with Crippen molar-refractivity contribution in [3.05, 3.63) is 29.8 Å². The van der Waals surface area contributed by atoms with E-state index in [2.05, 4.69) is 6.92 Å². The Morgan fingerprint density at radius 2 is 1.82 bits per heavy atom. The molecular formula is C14H22O3. The second kappa shape index (κ2) is 7.30. The van der Waals surface area contributed by atoms with Crippen molar-refractivity contribution in [3.63, 3.8) is 0 Å². The Morgan fingerprint density at radius 1 is 1.18 bits per heavy atom. The molecule has 0 saturated heterocycles. The average Bonchev–Trinajstić information content (AvgIpc) is 2.39. The minimum Gasteiger partial charge on any atom is -0.497 e. The van der Waals surface area contributed by atoms with Crippen LogP contribution >= 0.6 is 0 Å². The lowest BCUT2D eigenvalue weighted by atomic mass is 9.92. The SMILES string of the molecule is CCC[C@@H](CO)[C@@H](OC)c1ccc(OC)cc1. The lowest BCUT2D eigenvalue weighted by Gasteiger charge is -2.24. The van der Waals surface area contributed by atoms with E-state index >= 15 is 0 Å². The first-order valence-electron chi connectivity index (χ1n) is 6.04. The smallest absolute Gasteiger partial charge is 0.118 e. The lowest BCUT2D eigenvalue weighted by molar-refractivity contribution is 0.0208. The highest BCUT2D eigenvalue weighted by atomic mass is 16.5. The number of ether oxygens (including phenoxy) is 2. The second-order valence-electron chi connectivity index (χ2n) is 4.16. The summed E-state index contributed by atoms with van der Waals surface area (Å²) in [5.41, 5.74) is 1.08. The molecule has 0 fully saturated rings. The molecule has 0 aliphatic heterocycles. The van der Waals surface area contributed by atoms with E-state index in [9.17, 15) is 5.11 Å². The molecule has 17 heavy (non-hydrogen) atoms. The molecular weight excluding hydrogens is 216 g/mol. The van der Waals surface area contributed by atoms with Gasteiger partial charge in [-0.1, -0.05) is 25.5 Å². The van der Waals surface area contributed by atoms with Gasteiger partial charge in [-0.15, -0.1) is 0 Å². The highest BCUT2D eigenvalue weighted by Gasteiger charge is 2.21. The van der Waals surface area contributed by atoms with Crippen LogP contribution < -0.4 is 4.74 Å². The minimum absolute atomic E-state index is 0.0501. The Hall–Kier alpha value is -1.06. The van der Waals surface area contributed by atoms with Crippen LogP contribution in [0.15, 0.2) is 24.3 Å². The van der Waals surface area contributed by atoms with Gasteiger partial charge >= 0.3 is 0 Å². The van der Waals surface area contributed by atoms with Crippen molar-refractivity contribution in [2.24, 2.45) is 5.92 Å². The van der Waals surface area contributed by atoms with Gasteiger partial charge < -0.3 is 14.6 Å². The van der Waals surface area contributed by atoms with Gasteiger partial charge in [-0.2, -0.15) is 0 Å². The predicted molar refractivity (Wildman–Crippen MR) is 68.2 cm³/mol. The fraction of sp³-hybridized carbons (Fsp3) is 0.571. The van der Waals surface area contributed by atoms with Crippen LogP contribution in [-0.2, 0) is 4.74 Å². The van der Waals surface area contributed by atoms with Crippen LogP contribution in [0.4, 0.5) is 0 Å². The number of hydrogen-bond acceptors (Lipinski definition) is 3. The van der Waals surface area contributed by atoms with Gasteiger partial charge in [0, 0.05) is 19.6 Å². The van der Waals surface area contributed by atoms with E-state index in [4.69, 9.17) is 9.47 Å². The first-order valence-corrected chi connectivity index (χ1v) is 6.04. The molecule has 0 unspecified atom stereocenters. The molecule has 0 saturated carbocycles. The maximum atomic E-state index is 9.42. The molecule has 0 aliphatic carbocycles. The van der Waals surface area contributed by atoms with E-state index in [1.807, 2.05) is 24.3 Å². The Labute approximate surface area is 103 Å². The molecule has 96 valence electrons. The van der Waals surface area contributed by atoms with Crippen LogP contribution in [0.2, 0.25) is 0 Å². The third-order valence-electron chi connectivity index (χ3n) is 3.02. The average molecular weight is 238 g/mol. The largest absolute Gasteiger partial charge is 0.497 e. The Bertz CT molecular complexity index is 308. The quantitative estimate of drug-likeness (QED) is 0.794. The highest BCUT2D eigenvalue weighted by Crippen LogP contribution is 2.29. The molecule has 0 spiro atoms. The zero-order valence-corrected chi connectivity index (χ0v) is 10.8. The number of benzene rings is 1. The molecule has 0 aromatic heterocycles. The molecule has 1 rings (SSSR count). The number of aliphatic hydroxyl groups is 1. The van der Waals surface area contributed by atoms with Crippen molar-refractivity contribution in [2.75, 3.05) is 20.8 Å². The van der Waals surface area contributed by atoms with Crippen molar-refractivity contribution in [1.29, 1.82) is 0 Å². The first-order chi connectivity index (χ1) is 8.26. The van der Waals surface area contributed by atoms with Crippen molar-refractivity contribution >= 4 is 0 Å². The lowest BCUT2D eigenvalue weighted by Crippen LogP contribution is -2.18. The summed E-state index contributed by atoms with van der Waals surface area (Å²) in [6.45, 7) is 2.27. The molecule has 3 nitrogen and oxygen atoms in total. The molecule has 2 atom stereocenters. The second-order valence-corrected chi connectivity index (χ2v) is 4.16. The number of methoxy groups -OCH3 is 2. The summed E-state index contributed by atoms with van der Waals surface area (Å²) in [6, 6.07) is 7.82. The predicted octanol–water partition coefficient (Wildman–Crippen LogP) is 2.79. The summed E-state index contributed by atoms with van der Waals surface area (Å²) in [4.78, 5) is 0. The summed E-state index contributed by atoms with van der Waals surface area (Å²) in [5.74, 6) is 0.984. The monoisotopic (exact) mass is 238 g/mol. The van der Waals surface area contributed by atoms with Gasteiger partial charge in [-0.25, -0.2) is 0 Å². The van der Waals surface area contributed by atoms with E-state index < -0.39 is 0 Å². The highest BCUT2D eigenvalue weighted by molar-refractivity contribution is 5.28. The van der Waals surface area contributed by atoms with Crippen LogP contribution in [0, 0.1) is 5.92 Å². The van der Waals surface area contributed by atoms with E-state index in [1.54, 1.807) is 14.2 Å². The summed E-state index contributed by atoms with van der Waals surface area (Å²) >= 11 is 0. The molecule has 0 radical (unpaired) electrons. The van der Waals surface area contributed by atoms with Crippen molar-refractivity contribution in [2.45, 2.75) is 25.9 Å². The fourth-order valence-electron chi connectivity index (χ4n) is 2.10. The van der Waals surface area contributed by atoms with Gasteiger partial charge in [0.1, 0.15) is 5.75 Å². The van der Waals surface area contributed by atoms with Crippen molar-refractivity contribution < 1.29 is 14.6 Å². The van der Waals surface area contributed by atoms with Gasteiger partial charge in [0.25, 0.3) is 0 Å². The Balaban J connectivity index is 2.83. The zero-order valence-electron chi connectivity index (χ0n) is 10.8. The van der Waals surface area contributed by atoms with E-state index in [0.717, 1.165) is 24.2 Å². The number of aliphatic hydroxyl groups excluding tert-OH is 1. The van der Waals surface area contributed by atoms with Crippen LogP contribution in [-0.4, -0.2) is 25.9 Å². The van der Waals surface area contributed by atoms with Gasteiger partial charge in [0.15, 0.2) is 0 Å². The molecule has 0 amide bonds. The minimum atomic E-state index is -0.0501. The summed E-state index contributed by atoms with van der Waals surface area (Å²) in [7, 11) is 3.34. The van der Waals surface area contributed by atoms with E-state index in [1.165, 1.54) is 0 Å². The number of hydrogen-bond donors (Lipinski definition) is 1. The first kappa shape index (κ1) is 14.0. The van der Waals surface area contributed by atoms with Crippen LogP contribution in [0.25, 0.3) is 0 Å². The van der Waals surface area contributed by atoms with Crippen LogP contribution in [0.3, 0.4) is 0 Å². The molecule has 1 aromatic rings. The van der Waals surface area contributed by atoms with Gasteiger partial charge in [0.2, 0.25) is 0 Å². The maximum absolute atomic E-state index is 9.42. The maximum Gasteiger partial charge on any atom is 0.118 e. The topological polar surface area (TPSA) is 38.7 Å². The Morgan fingerprint density at radius 3 is 2.24 bits per heavy atom. The molecule has 3 heteroatoms. The van der Waals surface area contributed by atoms with Gasteiger partial charge in [0.05, 0.1) is 13.2 Å². The normalized spacial score (nSPS) is 14.4. The molecule has 1 N–H and O–H groups in total. The van der Waals surface area contributed by atoms with Gasteiger partial charge in [-0.3, -0.25) is 0 Å². The van der Waals surface area contributed by atoms with Gasteiger partial charge in [-0.05, 0) is 24.1 Å². The number of rotatable bonds is 7. The third kappa shape index (κ3) is 3.72. The summed E-state index contributed by atoms with van der Waals surface area (Å²) < 4.78 is 10.6. The Kier molecular flexibility index (Phi) is 6.01. The molecule has 0 aliphatic rings. The third-order valence-corrected chi connectivity index (χ3v) is 3.02. The van der Waals surface area contributed by atoms with Crippen LogP contribution in [0.1, 0.15) is 31.4 Å². The van der Waals surface area contributed by atoms with E-state index in [0.29, 0.717) is 0 Å².